The molecule has 2 amide bonds. The highest BCUT2D eigenvalue weighted by molar-refractivity contribution is 7.89. The lowest BCUT2D eigenvalue weighted by atomic mass is 9.98. The van der Waals surface area contributed by atoms with E-state index < -0.39 is 16.1 Å². The van der Waals surface area contributed by atoms with Crippen LogP contribution in [0.1, 0.15) is 39.0 Å². The van der Waals surface area contributed by atoms with Crippen LogP contribution in [-0.4, -0.2) is 86.2 Å². The molecule has 182 valence electrons. The third kappa shape index (κ3) is 5.92. The van der Waals surface area contributed by atoms with Crippen molar-refractivity contribution in [3.8, 4) is 0 Å². The maximum atomic E-state index is 13.2. The number of amides is 2. The van der Waals surface area contributed by atoms with E-state index in [2.05, 4.69) is 0 Å². The number of hydrogen-bond donors (Lipinski definition) is 0. The van der Waals surface area contributed by atoms with Crippen LogP contribution >= 0.6 is 0 Å². The van der Waals surface area contributed by atoms with Gasteiger partial charge in [0.05, 0.1) is 24.0 Å². The van der Waals surface area contributed by atoms with Crippen LogP contribution in [0.2, 0.25) is 0 Å². The van der Waals surface area contributed by atoms with Crippen LogP contribution in [0.5, 0.6) is 0 Å². The monoisotopic (exact) mass is 479 g/mol. The number of rotatable bonds is 7. The van der Waals surface area contributed by atoms with Crippen molar-refractivity contribution in [3.05, 3.63) is 30.3 Å². The van der Waals surface area contributed by atoms with Crippen LogP contribution < -0.4 is 0 Å². The fourth-order valence-electron chi connectivity index (χ4n) is 4.46. The molecule has 0 radical (unpaired) electrons. The van der Waals surface area contributed by atoms with Gasteiger partial charge in [-0.05, 0) is 44.7 Å². The minimum Gasteiger partial charge on any atom is -0.466 e. The van der Waals surface area contributed by atoms with E-state index in [1.54, 1.807) is 30.0 Å². The van der Waals surface area contributed by atoms with Crippen LogP contribution in [0.25, 0.3) is 0 Å². The first-order valence-corrected chi connectivity index (χ1v) is 13.0. The average Bonchev–Trinajstić information content (AvgIpc) is 2.84. The summed E-state index contributed by atoms with van der Waals surface area (Å²) in [5, 5.41) is 0. The molecule has 1 aromatic rings. The summed E-state index contributed by atoms with van der Waals surface area (Å²) in [5.41, 5.74) is 0. The standard InChI is InChI=1S/C23H33N3O6S/c1-3-32-23(29)18-10-9-14-25(16-18)21(27)17-24(2)22(28)20-13-7-8-15-26(20)33(30,31)19-11-5-4-6-12-19/h4-6,11-12,18,20H,3,7-10,13-17H2,1-2H3. The lowest BCUT2D eigenvalue weighted by Gasteiger charge is -2.36. The van der Waals surface area contributed by atoms with Gasteiger partial charge in [0.2, 0.25) is 21.8 Å². The molecule has 0 aromatic heterocycles. The van der Waals surface area contributed by atoms with Crippen molar-refractivity contribution < 1.29 is 27.5 Å². The molecule has 0 bridgehead atoms. The van der Waals surface area contributed by atoms with Gasteiger partial charge in [0.15, 0.2) is 0 Å². The minimum absolute atomic E-state index is 0.154. The van der Waals surface area contributed by atoms with E-state index >= 15 is 0 Å². The second-order valence-corrected chi connectivity index (χ2v) is 10.5. The van der Waals surface area contributed by atoms with E-state index in [4.69, 9.17) is 4.74 Å². The van der Waals surface area contributed by atoms with Crippen LogP contribution in [0, 0.1) is 5.92 Å². The van der Waals surface area contributed by atoms with Gasteiger partial charge in [0.1, 0.15) is 6.04 Å². The van der Waals surface area contributed by atoms with Crippen molar-refractivity contribution in [1.82, 2.24) is 14.1 Å². The van der Waals surface area contributed by atoms with Gasteiger partial charge >= 0.3 is 5.97 Å². The molecule has 10 heteroatoms. The molecule has 2 unspecified atom stereocenters. The van der Waals surface area contributed by atoms with Crippen molar-refractivity contribution >= 4 is 27.8 Å². The quantitative estimate of drug-likeness (QED) is 0.549. The molecule has 9 nitrogen and oxygen atoms in total. The van der Waals surface area contributed by atoms with E-state index in [0.717, 1.165) is 6.42 Å². The van der Waals surface area contributed by atoms with Gasteiger partial charge < -0.3 is 14.5 Å². The predicted octanol–water partition coefficient (Wildman–Crippen LogP) is 1.49. The van der Waals surface area contributed by atoms with E-state index in [1.165, 1.54) is 28.4 Å². The molecule has 2 heterocycles. The maximum absolute atomic E-state index is 13.2. The lowest BCUT2D eigenvalue weighted by molar-refractivity contribution is -0.152. The number of esters is 1. The molecule has 3 rings (SSSR count). The van der Waals surface area contributed by atoms with Crippen LogP contribution in [0.15, 0.2) is 35.2 Å². The van der Waals surface area contributed by atoms with E-state index in [1.807, 2.05) is 0 Å². The Morgan fingerprint density at radius 2 is 1.79 bits per heavy atom. The van der Waals surface area contributed by atoms with Crippen molar-refractivity contribution in [2.75, 3.05) is 39.8 Å². The lowest BCUT2D eigenvalue weighted by Crippen LogP contribution is -2.54. The summed E-state index contributed by atoms with van der Waals surface area (Å²) in [7, 11) is -2.30. The van der Waals surface area contributed by atoms with Crippen LogP contribution in [-0.2, 0) is 29.1 Å². The summed E-state index contributed by atoms with van der Waals surface area (Å²) in [6.07, 6.45) is 3.20. The second kappa shape index (κ2) is 11.1. The molecular weight excluding hydrogens is 446 g/mol. The number of likely N-dealkylation sites (tertiary alicyclic amines) is 1. The fraction of sp³-hybridized carbons (Fsp3) is 0.609. The molecular formula is C23H33N3O6S. The van der Waals surface area contributed by atoms with Gasteiger partial charge in [0, 0.05) is 26.7 Å². The zero-order valence-electron chi connectivity index (χ0n) is 19.3. The summed E-state index contributed by atoms with van der Waals surface area (Å²) < 4.78 is 32.7. The summed E-state index contributed by atoms with van der Waals surface area (Å²) in [4.78, 5) is 41.2. The number of likely N-dealkylation sites (N-methyl/N-ethyl adjacent to an activating group) is 1. The van der Waals surface area contributed by atoms with Crippen molar-refractivity contribution in [2.45, 2.75) is 50.0 Å². The highest BCUT2D eigenvalue weighted by atomic mass is 32.2. The molecule has 0 saturated carbocycles. The highest BCUT2D eigenvalue weighted by Gasteiger charge is 2.39. The van der Waals surface area contributed by atoms with Crippen LogP contribution in [0.4, 0.5) is 0 Å². The van der Waals surface area contributed by atoms with E-state index in [9.17, 15) is 22.8 Å². The van der Waals surface area contributed by atoms with Crippen molar-refractivity contribution in [3.63, 3.8) is 0 Å². The topological polar surface area (TPSA) is 104 Å². The predicted molar refractivity (Wildman–Crippen MR) is 122 cm³/mol. The van der Waals surface area contributed by atoms with Gasteiger partial charge in [-0.1, -0.05) is 24.6 Å². The Morgan fingerprint density at radius 1 is 1.06 bits per heavy atom. The largest absolute Gasteiger partial charge is 0.466 e. The summed E-state index contributed by atoms with van der Waals surface area (Å²) in [6, 6.07) is 7.26. The number of carbonyl (C=O) groups excluding carboxylic acids is 3. The molecule has 0 spiro atoms. The third-order valence-electron chi connectivity index (χ3n) is 6.23. The number of hydrogen-bond acceptors (Lipinski definition) is 6. The second-order valence-electron chi connectivity index (χ2n) is 8.57. The van der Waals surface area contributed by atoms with Gasteiger partial charge in [0.25, 0.3) is 0 Å². The van der Waals surface area contributed by atoms with Gasteiger partial charge in [-0.25, -0.2) is 8.42 Å². The van der Waals surface area contributed by atoms with Gasteiger partial charge in [-0.15, -0.1) is 0 Å². The number of ether oxygens (including phenoxy) is 1. The smallest absolute Gasteiger partial charge is 0.310 e. The molecule has 2 saturated heterocycles. The Kier molecular flexibility index (Phi) is 8.47. The minimum atomic E-state index is -3.82. The molecule has 0 aliphatic carbocycles. The van der Waals surface area contributed by atoms with Crippen molar-refractivity contribution in [2.24, 2.45) is 5.92 Å². The van der Waals surface area contributed by atoms with Gasteiger partial charge in [-0.2, -0.15) is 4.31 Å². The zero-order valence-corrected chi connectivity index (χ0v) is 20.1. The third-order valence-corrected chi connectivity index (χ3v) is 8.15. The Labute approximate surface area is 195 Å². The summed E-state index contributed by atoms with van der Waals surface area (Å²) in [5.74, 6) is -1.30. The Morgan fingerprint density at radius 3 is 2.48 bits per heavy atom. The fourth-order valence-corrected chi connectivity index (χ4v) is 6.13. The molecule has 33 heavy (non-hydrogen) atoms. The van der Waals surface area contributed by atoms with Gasteiger partial charge in [-0.3, -0.25) is 14.4 Å². The summed E-state index contributed by atoms with van der Waals surface area (Å²) in [6.45, 7) is 2.94. The Bertz CT molecular complexity index is 952. The summed E-state index contributed by atoms with van der Waals surface area (Å²) >= 11 is 0. The number of benzene rings is 1. The van der Waals surface area contributed by atoms with E-state index in [-0.39, 0.29) is 48.2 Å². The maximum Gasteiger partial charge on any atom is 0.310 e. The normalized spacial score (nSPS) is 21.9. The molecule has 1 aromatic carbocycles. The molecule has 2 aliphatic heterocycles. The number of sulfonamides is 1. The van der Waals surface area contributed by atoms with Crippen LogP contribution in [0.3, 0.4) is 0 Å². The first-order valence-electron chi connectivity index (χ1n) is 11.5. The molecule has 2 aliphatic rings. The number of piperidine rings is 2. The molecule has 0 N–H and O–H groups in total. The molecule has 2 fully saturated rings. The Hall–Kier alpha value is -2.46. The zero-order chi connectivity index (χ0) is 24.0. The number of nitrogens with zero attached hydrogens (tertiary/aromatic N) is 3. The number of carbonyl (C=O) groups is 3. The first kappa shape index (κ1) is 25.2. The average molecular weight is 480 g/mol. The highest BCUT2D eigenvalue weighted by Crippen LogP contribution is 2.26. The Balaban J connectivity index is 1.66. The van der Waals surface area contributed by atoms with Crippen molar-refractivity contribution in [1.29, 1.82) is 0 Å². The first-order chi connectivity index (χ1) is 15.8. The molecule has 2 atom stereocenters. The van der Waals surface area contributed by atoms with E-state index in [0.29, 0.717) is 38.8 Å². The SMILES string of the molecule is CCOC(=O)C1CCCN(C(=O)CN(C)C(=O)C2CCCCN2S(=O)(=O)c2ccccc2)C1.